The second-order valence-electron chi connectivity index (χ2n) is 4.98. The van der Waals surface area contributed by atoms with E-state index in [2.05, 4.69) is 52.4 Å². The van der Waals surface area contributed by atoms with Crippen molar-refractivity contribution in [3.8, 4) is 0 Å². The summed E-state index contributed by atoms with van der Waals surface area (Å²) >= 11 is 1.80. The van der Waals surface area contributed by atoms with Crippen molar-refractivity contribution in [2.45, 2.75) is 0 Å². The van der Waals surface area contributed by atoms with Crippen LogP contribution in [-0.4, -0.2) is 9.97 Å². The molecule has 1 N–H and O–H groups in total. The van der Waals surface area contributed by atoms with Crippen LogP contribution in [0.3, 0.4) is 0 Å². The van der Waals surface area contributed by atoms with Gasteiger partial charge in [-0.25, -0.2) is 0 Å². The molecule has 0 aliphatic heterocycles. The van der Waals surface area contributed by atoms with Crippen LogP contribution in [-0.2, 0) is 0 Å². The maximum absolute atomic E-state index is 4.58. The molecular weight excluding hydrogens is 264 g/mol. The van der Waals surface area contributed by atoms with Gasteiger partial charge in [0, 0.05) is 32.6 Å². The summed E-state index contributed by atoms with van der Waals surface area (Å²) in [7, 11) is 0. The van der Waals surface area contributed by atoms with E-state index >= 15 is 0 Å². The Kier molecular flexibility index (Phi) is 1.86. The zero-order valence-electron chi connectivity index (χ0n) is 10.6. The Balaban J connectivity index is 2.14. The van der Waals surface area contributed by atoms with Crippen LogP contribution < -0.4 is 0 Å². The third-order valence-corrected chi connectivity index (χ3v) is 4.98. The normalized spacial score (nSPS) is 12.0. The minimum atomic E-state index is 1.10. The number of aromatic nitrogens is 2. The number of benzene rings is 2. The number of pyridine rings is 1. The van der Waals surface area contributed by atoms with Crippen LogP contribution in [0.4, 0.5) is 0 Å². The molecule has 0 radical (unpaired) electrons. The molecule has 3 aromatic heterocycles. The first-order chi connectivity index (χ1) is 9.92. The number of aromatic amines is 1. The van der Waals surface area contributed by atoms with Crippen molar-refractivity contribution in [1.82, 2.24) is 9.97 Å². The van der Waals surface area contributed by atoms with Gasteiger partial charge in [-0.3, -0.25) is 4.98 Å². The highest BCUT2D eigenvalue weighted by Crippen LogP contribution is 2.38. The number of hydrogen-bond donors (Lipinski definition) is 1. The molecule has 2 nitrogen and oxygen atoms in total. The first kappa shape index (κ1) is 10.4. The predicted molar refractivity (Wildman–Crippen MR) is 86.5 cm³/mol. The fourth-order valence-electron chi connectivity index (χ4n) is 3.00. The average molecular weight is 274 g/mol. The van der Waals surface area contributed by atoms with Gasteiger partial charge in [0.25, 0.3) is 0 Å². The second kappa shape index (κ2) is 3.58. The van der Waals surface area contributed by atoms with Crippen molar-refractivity contribution in [2.75, 3.05) is 0 Å². The summed E-state index contributed by atoms with van der Waals surface area (Å²) in [6, 6.07) is 17.0. The summed E-state index contributed by atoms with van der Waals surface area (Å²) < 4.78 is 2.53. The molecule has 3 heteroatoms. The van der Waals surface area contributed by atoms with Crippen LogP contribution in [0.15, 0.2) is 54.7 Å². The Labute approximate surface area is 118 Å². The molecule has 0 saturated carbocycles. The fraction of sp³-hybridized carbons (Fsp3) is 0. The molecule has 0 aliphatic rings. The molecule has 2 aromatic carbocycles. The minimum absolute atomic E-state index is 1.10. The monoisotopic (exact) mass is 274 g/mol. The lowest BCUT2D eigenvalue weighted by atomic mass is 10.1. The maximum atomic E-state index is 4.58. The lowest BCUT2D eigenvalue weighted by Gasteiger charge is -1.94. The quantitative estimate of drug-likeness (QED) is 0.419. The Morgan fingerprint density at radius 1 is 0.850 bits per heavy atom. The number of nitrogens with one attached hydrogen (secondary N) is 1. The van der Waals surface area contributed by atoms with Gasteiger partial charge in [0.2, 0.25) is 0 Å². The maximum Gasteiger partial charge on any atom is 0.0909 e. The number of fused-ring (bicyclic) bond motifs is 7. The van der Waals surface area contributed by atoms with E-state index in [-0.39, 0.29) is 0 Å². The first-order valence-electron chi connectivity index (χ1n) is 6.58. The van der Waals surface area contributed by atoms with Crippen molar-refractivity contribution >= 4 is 53.4 Å². The molecule has 0 bridgehead atoms. The standard InChI is InChI=1S/C17H10N2S/c1-2-5-12-10(4-1)11-7-8-13-15(16(11)19-12)17-14(20-13)6-3-9-18-17/h1-9,19H. The molecular formula is C17H10N2S. The molecule has 0 amide bonds. The van der Waals surface area contributed by atoms with Crippen LogP contribution in [0.5, 0.6) is 0 Å². The highest BCUT2D eigenvalue weighted by molar-refractivity contribution is 7.25. The molecule has 20 heavy (non-hydrogen) atoms. The van der Waals surface area contributed by atoms with Crippen LogP contribution in [0.25, 0.3) is 42.1 Å². The van der Waals surface area contributed by atoms with E-state index in [0.29, 0.717) is 0 Å². The largest absolute Gasteiger partial charge is 0.354 e. The van der Waals surface area contributed by atoms with E-state index in [4.69, 9.17) is 0 Å². The first-order valence-corrected chi connectivity index (χ1v) is 7.40. The minimum Gasteiger partial charge on any atom is -0.354 e. The molecule has 0 saturated heterocycles. The second-order valence-corrected chi connectivity index (χ2v) is 6.07. The van der Waals surface area contributed by atoms with Gasteiger partial charge < -0.3 is 4.98 Å². The van der Waals surface area contributed by atoms with E-state index in [1.54, 1.807) is 11.3 Å². The summed E-state index contributed by atoms with van der Waals surface area (Å²) in [5, 5.41) is 3.80. The van der Waals surface area contributed by atoms with E-state index in [1.807, 2.05) is 12.3 Å². The Morgan fingerprint density at radius 3 is 2.80 bits per heavy atom. The van der Waals surface area contributed by atoms with Gasteiger partial charge in [-0.05, 0) is 24.3 Å². The van der Waals surface area contributed by atoms with Gasteiger partial charge >= 0.3 is 0 Å². The van der Waals surface area contributed by atoms with Crippen LogP contribution in [0.2, 0.25) is 0 Å². The number of para-hydroxylation sites is 1. The highest BCUT2D eigenvalue weighted by atomic mass is 32.1. The topological polar surface area (TPSA) is 28.7 Å². The molecule has 94 valence electrons. The number of rotatable bonds is 0. The summed E-state index contributed by atoms with van der Waals surface area (Å²) in [5.74, 6) is 0. The van der Waals surface area contributed by atoms with Crippen molar-refractivity contribution in [2.24, 2.45) is 0 Å². The molecule has 5 aromatic rings. The number of nitrogens with zero attached hydrogens (tertiary/aromatic N) is 1. The summed E-state index contributed by atoms with van der Waals surface area (Å²) in [6.45, 7) is 0. The van der Waals surface area contributed by atoms with Crippen LogP contribution in [0.1, 0.15) is 0 Å². The molecule has 0 unspecified atom stereocenters. The molecule has 0 atom stereocenters. The van der Waals surface area contributed by atoms with Gasteiger partial charge in [-0.1, -0.05) is 24.3 Å². The fourth-order valence-corrected chi connectivity index (χ4v) is 4.07. The number of H-pyrrole nitrogens is 1. The SMILES string of the molecule is c1ccc2c(c1)[nH]c1c2ccc2sc3cccnc3c21. The van der Waals surface area contributed by atoms with Crippen molar-refractivity contribution < 1.29 is 0 Å². The van der Waals surface area contributed by atoms with Gasteiger partial charge in [0.05, 0.1) is 15.7 Å². The van der Waals surface area contributed by atoms with E-state index in [9.17, 15) is 0 Å². The highest BCUT2D eigenvalue weighted by Gasteiger charge is 2.12. The lowest BCUT2D eigenvalue weighted by molar-refractivity contribution is 1.44. The molecule has 0 aliphatic carbocycles. The molecule has 0 fully saturated rings. The third kappa shape index (κ3) is 1.20. The molecule has 0 spiro atoms. The number of thiophene rings is 1. The van der Waals surface area contributed by atoms with Gasteiger partial charge in [0.1, 0.15) is 0 Å². The van der Waals surface area contributed by atoms with Crippen LogP contribution in [0, 0.1) is 0 Å². The molecule has 5 rings (SSSR count). The average Bonchev–Trinajstić information content (AvgIpc) is 3.04. The predicted octanol–water partition coefficient (Wildman–Crippen LogP) is 5.08. The zero-order valence-corrected chi connectivity index (χ0v) is 11.4. The smallest absolute Gasteiger partial charge is 0.0909 e. The third-order valence-electron chi connectivity index (χ3n) is 3.87. The van der Waals surface area contributed by atoms with Crippen LogP contribution >= 0.6 is 11.3 Å². The lowest BCUT2D eigenvalue weighted by Crippen LogP contribution is -1.74. The Bertz CT molecular complexity index is 1100. The summed E-state index contributed by atoms with van der Waals surface area (Å²) in [5.41, 5.74) is 3.49. The summed E-state index contributed by atoms with van der Waals surface area (Å²) in [4.78, 5) is 8.15. The van der Waals surface area contributed by atoms with Crippen molar-refractivity contribution in [1.29, 1.82) is 0 Å². The molecule has 3 heterocycles. The van der Waals surface area contributed by atoms with E-state index in [1.165, 1.54) is 36.6 Å². The van der Waals surface area contributed by atoms with E-state index < -0.39 is 0 Å². The van der Waals surface area contributed by atoms with Gasteiger partial charge in [-0.15, -0.1) is 11.3 Å². The Morgan fingerprint density at radius 2 is 1.80 bits per heavy atom. The van der Waals surface area contributed by atoms with Crippen molar-refractivity contribution in [3.05, 3.63) is 54.7 Å². The summed E-state index contributed by atoms with van der Waals surface area (Å²) in [6.07, 6.45) is 1.87. The zero-order chi connectivity index (χ0) is 13.1. The van der Waals surface area contributed by atoms with Crippen molar-refractivity contribution in [3.63, 3.8) is 0 Å². The van der Waals surface area contributed by atoms with E-state index in [0.717, 1.165) is 5.52 Å². The van der Waals surface area contributed by atoms with Gasteiger partial charge in [0.15, 0.2) is 0 Å². The van der Waals surface area contributed by atoms with Gasteiger partial charge in [-0.2, -0.15) is 0 Å². The number of hydrogen-bond acceptors (Lipinski definition) is 2. The Hall–Kier alpha value is -2.39.